The molecule has 0 spiro atoms. The number of nitrogens with one attached hydrogen (secondary N) is 1. The highest BCUT2D eigenvalue weighted by Gasteiger charge is 2.22. The highest BCUT2D eigenvalue weighted by atomic mass is 15.2. The maximum Gasteiger partial charge on any atom is 0.160 e. The molecule has 2 aromatic rings. The number of aromatic nitrogens is 3. The Hall–Kier alpha value is -1.46. The maximum absolute atomic E-state index is 4.27. The number of nitrogens with zero attached hydrogens (tertiary/aromatic N) is 4. The summed E-state index contributed by atoms with van der Waals surface area (Å²) in [4.78, 5) is 2.43. The van der Waals surface area contributed by atoms with Crippen molar-refractivity contribution in [1.82, 2.24) is 24.8 Å². The van der Waals surface area contributed by atoms with Gasteiger partial charge in [-0.3, -0.25) is 4.40 Å². The number of hydrogen-bond donors (Lipinski definition) is 1. The second-order valence-corrected chi connectivity index (χ2v) is 5.80. The van der Waals surface area contributed by atoms with Crippen LogP contribution in [0.3, 0.4) is 0 Å². The summed E-state index contributed by atoms with van der Waals surface area (Å²) in [7, 11) is 2.21. The number of hydrogen-bond acceptors (Lipinski definition) is 4. The van der Waals surface area contributed by atoms with Gasteiger partial charge in [-0.05, 0) is 45.5 Å². The lowest BCUT2D eigenvalue weighted by molar-refractivity contribution is 0.169. The number of pyridine rings is 1. The van der Waals surface area contributed by atoms with E-state index in [0.717, 1.165) is 24.4 Å². The molecule has 2 unspecified atom stereocenters. The highest BCUT2D eigenvalue weighted by molar-refractivity contribution is 5.36. The molecule has 1 aliphatic rings. The predicted octanol–water partition coefficient (Wildman–Crippen LogP) is 1.34. The zero-order valence-corrected chi connectivity index (χ0v) is 12.3. The Balaban J connectivity index is 1.53. The minimum atomic E-state index is 0.639. The van der Waals surface area contributed by atoms with Crippen molar-refractivity contribution in [3.63, 3.8) is 0 Å². The molecule has 3 heterocycles. The Kier molecular flexibility index (Phi) is 3.98. The molecule has 3 rings (SSSR count). The van der Waals surface area contributed by atoms with E-state index < -0.39 is 0 Å². The number of rotatable bonds is 4. The van der Waals surface area contributed by atoms with Crippen molar-refractivity contribution in [2.24, 2.45) is 0 Å². The number of likely N-dealkylation sites (tertiary alicyclic amines) is 1. The van der Waals surface area contributed by atoms with E-state index in [1.807, 2.05) is 24.4 Å². The van der Waals surface area contributed by atoms with Crippen molar-refractivity contribution < 1.29 is 0 Å². The zero-order chi connectivity index (χ0) is 13.9. The van der Waals surface area contributed by atoms with Crippen LogP contribution in [0.5, 0.6) is 0 Å². The van der Waals surface area contributed by atoms with E-state index in [1.54, 1.807) is 0 Å². The van der Waals surface area contributed by atoms with Crippen LogP contribution in [0.15, 0.2) is 24.4 Å². The average Bonchev–Trinajstić information content (AvgIpc) is 2.86. The van der Waals surface area contributed by atoms with Gasteiger partial charge in [0.2, 0.25) is 0 Å². The molecule has 1 saturated heterocycles. The first-order valence-corrected chi connectivity index (χ1v) is 7.46. The quantitative estimate of drug-likeness (QED) is 0.913. The van der Waals surface area contributed by atoms with Crippen LogP contribution in [0.1, 0.15) is 25.6 Å². The molecule has 0 amide bonds. The van der Waals surface area contributed by atoms with E-state index in [9.17, 15) is 0 Å². The lowest BCUT2D eigenvalue weighted by Gasteiger charge is -2.35. The average molecular weight is 273 g/mol. The van der Waals surface area contributed by atoms with Crippen LogP contribution in [0.4, 0.5) is 0 Å². The Morgan fingerprint density at radius 1 is 1.35 bits per heavy atom. The summed E-state index contributed by atoms with van der Waals surface area (Å²) in [5, 5.41) is 12.1. The first-order valence-electron chi connectivity index (χ1n) is 7.46. The van der Waals surface area contributed by atoms with Gasteiger partial charge in [-0.25, -0.2) is 0 Å². The molecule has 0 aliphatic carbocycles. The lowest BCUT2D eigenvalue weighted by Crippen LogP contribution is -2.46. The fourth-order valence-electron chi connectivity index (χ4n) is 2.92. The van der Waals surface area contributed by atoms with Gasteiger partial charge in [0.05, 0.1) is 0 Å². The van der Waals surface area contributed by atoms with Gasteiger partial charge < -0.3 is 10.2 Å². The molecule has 5 nitrogen and oxygen atoms in total. The summed E-state index contributed by atoms with van der Waals surface area (Å²) in [6.07, 6.45) is 5.42. The normalized spacial score (nSPS) is 24.3. The summed E-state index contributed by atoms with van der Waals surface area (Å²) in [5.74, 6) is 1.04. The molecule has 5 heteroatoms. The summed E-state index contributed by atoms with van der Waals surface area (Å²) in [5.41, 5.74) is 0.926. The molecular formula is C15H23N5. The van der Waals surface area contributed by atoms with Crippen molar-refractivity contribution in [1.29, 1.82) is 0 Å². The van der Waals surface area contributed by atoms with E-state index in [2.05, 4.69) is 38.8 Å². The van der Waals surface area contributed by atoms with Gasteiger partial charge in [-0.1, -0.05) is 6.07 Å². The van der Waals surface area contributed by atoms with Crippen molar-refractivity contribution >= 4 is 5.65 Å². The molecule has 1 fully saturated rings. The van der Waals surface area contributed by atoms with Crippen LogP contribution in [0.25, 0.3) is 5.65 Å². The van der Waals surface area contributed by atoms with Crippen molar-refractivity contribution in [3.05, 3.63) is 30.2 Å². The van der Waals surface area contributed by atoms with Gasteiger partial charge in [0.15, 0.2) is 5.65 Å². The monoisotopic (exact) mass is 273 g/mol. The minimum Gasteiger partial charge on any atom is -0.313 e. The fourth-order valence-corrected chi connectivity index (χ4v) is 2.92. The first-order chi connectivity index (χ1) is 9.74. The number of fused-ring (bicyclic) bond motifs is 1. The molecule has 0 radical (unpaired) electrons. The Morgan fingerprint density at radius 2 is 2.25 bits per heavy atom. The van der Waals surface area contributed by atoms with Gasteiger partial charge in [0, 0.05) is 31.2 Å². The molecular weight excluding hydrogens is 250 g/mol. The molecule has 2 atom stereocenters. The van der Waals surface area contributed by atoms with Crippen molar-refractivity contribution in [2.75, 3.05) is 20.1 Å². The summed E-state index contributed by atoms with van der Waals surface area (Å²) >= 11 is 0. The summed E-state index contributed by atoms with van der Waals surface area (Å²) in [6.45, 7) is 4.46. The molecule has 0 aromatic carbocycles. The largest absolute Gasteiger partial charge is 0.313 e. The van der Waals surface area contributed by atoms with Crippen LogP contribution in [-0.2, 0) is 6.42 Å². The molecule has 0 bridgehead atoms. The summed E-state index contributed by atoms with van der Waals surface area (Å²) in [6, 6.07) is 7.32. The number of piperidine rings is 1. The molecule has 20 heavy (non-hydrogen) atoms. The third kappa shape index (κ3) is 2.83. The first kappa shape index (κ1) is 13.5. The molecule has 1 N–H and O–H groups in total. The van der Waals surface area contributed by atoms with Gasteiger partial charge in [0.25, 0.3) is 0 Å². The van der Waals surface area contributed by atoms with E-state index in [0.29, 0.717) is 12.1 Å². The highest BCUT2D eigenvalue weighted by Crippen LogP contribution is 2.15. The second kappa shape index (κ2) is 5.89. The third-order valence-corrected chi connectivity index (χ3v) is 4.37. The Bertz CT molecular complexity index is 564. The summed E-state index contributed by atoms with van der Waals surface area (Å²) < 4.78 is 2.07. The fraction of sp³-hybridized carbons (Fsp3) is 0.600. The second-order valence-electron chi connectivity index (χ2n) is 5.80. The SMILES string of the molecule is CC1CC(NCCc2nnc3ccccn23)CCN1C. The zero-order valence-electron chi connectivity index (χ0n) is 12.3. The van der Waals surface area contributed by atoms with Crippen LogP contribution in [0, 0.1) is 0 Å². The van der Waals surface area contributed by atoms with E-state index in [4.69, 9.17) is 0 Å². The van der Waals surface area contributed by atoms with Crippen LogP contribution >= 0.6 is 0 Å². The van der Waals surface area contributed by atoms with Gasteiger partial charge in [-0.15, -0.1) is 10.2 Å². The van der Waals surface area contributed by atoms with Crippen molar-refractivity contribution in [2.45, 2.75) is 38.3 Å². The van der Waals surface area contributed by atoms with Gasteiger partial charge >= 0.3 is 0 Å². The van der Waals surface area contributed by atoms with Gasteiger partial charge in [0.1, 0.15) is 5.82 Å². The van der Waals surface area contributed by atoms with E-state index >= 15 is 0 Å². The smallest absolute Gasteiger partial charge is 0.160 e. The van der Waals surface area contributed by atoms with Crippen LogP contribution in [-0.4, -0.2) is 51.7 Å². The molecule has 2 aromatic heterocycles. The van der Waals surface area contributed by atoms with Crippen LogP contribution in [0.2, 0.25) is 0 Å². The van der Waals surface area contributed by atoms with E-state index in [1.165, 1.54) is 19.4 Å². The standard InChI is InChI=1S/C15H23N5/c1-12-11-13(7-10-19(12)2)16-8-6-15-18-17-14-5-3-4-9-20(14)15/h3-5,9,12-13,16H,6-8,10-11H2,1-2H3. The Labute approximate surface area is 120 Å². The van der Waals surface area contributed by atoms with Crippen LogP contribution < -0.4 is 5.32 Å². The lowest BCUT2D eigenvalue weighted by atomic mass is 9.99. The minimum absolute atomic E-state index is 0.639. The third-order valence-electron chi connectivity index (χ3n) is 4.37. The van der Waals surface area contributed by atoms with Gasteiger partial charge in [-0.2, -0.15) is 0 Å². The maximum atomic E-state index is 4.27. The predicted molar refractivity (Wildman–Crippen MR) is 79.8 cm³/mol. The molecule has 1 aliphatic heterocycles. The van der Waals surface area contributed by atoms with Crippen molar-refractivity contribution in [3.8, 4) is 0 Å². The topological polar surface area (TPSA) is 45.5 Å². The molecule has 108 valence electrons. The molecule has 0 saturated carbocycles. The Morgan fingerprint density at radius 3 is 3.10 bits per heavy atom. The van der Waals surface area contributed by atoms with E-state index in [-0.39, 0.29) is 0 Å².